The van der Waals surface area contributed by atoms with Crippen molar-refractivity contribution in [3.63, 3.8) is 0 Å². The van der Waals surface area contributed by atoms with Crippen LogP contribution in [0.4, 0.5) is 5.00 Å². The van der Waals surface area contributed by atoms with Crippen LogP contribution in [0.5, 0.6) is 0 Å². The molecule has 0 unspecified atom stereocenters. The Morgan fingerprint density at radius 1 is 1.24 bits per heavy atom. The zero-order chi connectivity index (χ0) is 23.4. The third-order valence-corrected chi connectivity index (χ3v) is 8.90. The Kier molecular flexibility index (Phi) is 7.29. The number of piperazine rings is 1. The molecule has 1 aromatic carbocycles. The first-order valence-electron chi connectivity index (χ1n) is 11.2. The minimum Gasteiger partial charge on any atom is -0.315 e. The minimum atomic E-state index is -3.51. The quantitative estimate of drug-likeness (QED) is 0.679. The van der Waals surface area contributed by atoms with Crippen molar-refractivity contribution in [2.75, 3.05) is 38.0 Å². The molecule has 0 bridgehead atoms. The number of anilines is 1. The Morgan fingerprint density at radius 3 is 2.67 bits per heavy atom. The van der Waals surface area contributed by atoms with Gasteiger partial charge in [-0.25, -0.2) is 8.42 Å². The highest BCUT2D eigenvalue weighted by Gasteiger charge is 2.27. The van der Waals surface area contributed by atoms with Gasteiger partial charge in [0.05, 0.1) is 12.1 Å². The smallest absolute Gasteiger partial charge is 0.239 e. The van der Waals surface area contributed by atoms with Gasteiger partial charge in [0.2, 0.25) is 15.9 Å². The van der Waals surface area contributed by atoms with E-state index >= 15 is 0 Å². The van der Waals surface area contributed by atoms with Gasteiger partial charge < -0.3 is 5.32 Å². The second-order valence-corrected chi connectivity index (χ2v) is 11.6. The second-order valence-electron chi connectivity index (χ2n) is 8.65. The van der Waals surface area contributed by atoms with Crippen LogP contribution in [0.25, 0.3) is 6.08 Å². The second kappa shape index (κ2) is 10.2. The maximum absolute atomic E-state index is 12.7. The third-order valence-electron chi connectivity index (χ3n) is 6.17. The zero-order valence-corrected chi connectivity index (χ0v) is 20.3. The average Bonchev–Trinajstić information content (AvgIpc) is 3.14. The predicted molar refractivity (Wildman–Crippen MR) is 131 cm³/mol. The lowest BCUT2D eigenvalue weighted by molar-refractivity contribution is -0.117. The summed E-state index contributed by atoms with van der Waals surface area (Å²) in [4.78, 5) is 15.8. The molecule has 2 aromatic rings. The fourth-order valence-electron chi connectivity index (χ4n) is 4.28. The predicted octanol–water partition coefficient (Wildman–Crippen LogP) is 3.30. The van der Waals surface area contributed by atoms with Crippen LogP contribution in [-0.4, -0.2) is 56.3 Å². The van der Waals surface area contributed by atoms with Crippen molar-refractivity contribution >= 4 is 38.3 Å². The molecule has 0 radical (unpaired) electrons. The first-order chi connectivity index (χ1) is 15.9. The molecular weight excluding hydrogens is 456 g/mol. The molecule has 1 fully saturated rings. The van der Waals surface area contributed by atoms with Gasteiger partial charge >= 0.3 is 0 Å². The molecule has 1 amide bonds. The van der Waals surface area contributed by atoms with E-state index in [1.165, 1.54) is 25.9 Å². The summed E-state index contributed by atoms with van der Waals surface area (Å²) in [6, 6.07) is 11.6. The van der Waals surface area contributed by atoms with Gasteiger partial charge in [0.25, 0.3) is 0 Å². The summed E-state index contributed by atoms with van der Waals surface area (Å²) < 4.78 is 26.7. The molecule has 1 N–H and O–H groups in total. The number of amides is 1. The van der Waals surface area contributed by atoms with Crippen LogP contribution in [0, 0.1) is 17.2 Å². The average molecular weight is 485 g/mol. The first kappa shape index (κ1) is 23.6. The van der Waals surface area contributed by atoms with Crippen molar-refractivity contribution in [1.29, 1.82) is 5.26 Å². The molecule has 0 spiro atoms. The molecule has 33 heavy (non-hydrogen) atoms. The van der Waals surface area contributed by atoms with Crippen LogP contribution in [0.2, 0.25) is 0 Å². The van der Waals surface area contributed by atoms with E-state index in [0.717, 1.165) is 30.4 Å². The van der Waals surface area contributed by atoms with Gasteiger partial charge in [0, 0.05) is 36.5 Å². The highest BCUT2D eigenvalue weighted by Crippen LogP contribution is 2.39. The molecule has 9 heteroatoms. The number of sulfonamides is 1. The van der Waals surface area contributed by atoms with Crippen molar-refractivity contribution in [1.82, 2.24) is 9.21 Å². The first-order valence-corrected chi connectivity index (χ1v) is 13.5. The molecule has 1 saturated heterocycles. The Hall–Kier alpha value is -2.51. The van der Waals surface area contributed by atoms with Gasteiger partial charge in [-0.2, -0.15) is 9.57 Å². The molecule has 2 aliphatic rings. The Bertz CT molecular complexity index is 1170. The van der Waals surface area contributed by atoms with Gasteiger partial charge in [-0.15, -0.1) is 11.3 Å². The maximum Gasteiger partial charge on any atom is 0.239 e. The molecule has 0 saturated carbocycles. The monoisotopic (exact) mass is 484 g/mol. The van der Waals surface area contributed by atoms with Crippen molar-refractivity contribution in [2.24, 2.45) is 5.92 Å². The van der Waals surface area contributed by atoms with Crippen LogP contribution in [0.15, 0.2) is 35.7 Å². The number of hydrogen-bond donors (Lipinski definition) is 1. The summed E-state index contributed by atoms with van der Waals surface area (Å²) in [6.45, 7) is 4.03. The highest BCUT2D eigenvalue weighted by atomic mass is 32.2. The molecule has 2 heterocycles. The maximum atomic E-state index is 12.7. The van der Waals surface area contributed by atoms with Crippen LogP contribution in [-0.2, 0) is 27.7 Å². The SMILES string of the molecule is C[C@@H]1CCc2c(sc(NC(=O)CN3CCN(S(=O)(=O)/C=C/c4ccccc4)CC3)c2C#N)C1. The van der Waals surface area contributed by atoms with Crippen molar-refractivity contribution in [3.05, 3.63) is 57.3 Å². The van der Waals surface area contributed by atoms with E-state index in [1.54, 1.807) is 6.08 Å². The van der Waals surface area contributed by atoms with Gasteiger partial charge in [0.1, 0.15) is 11.1 Å². The van der Waals surface area contributed by atoms with Gasteiger partial charge in [-0.1, -0.05) is 37.3 Å². The molecule has 1 aliphatic heterocycles. The van der Waals surface area contributed by atoms with Gasteiger partial charge in [-0.05, 0) is 42.4 Å². The number of carbonyl (C=O) groups is 1. The zero-order valence-electron chi connectivity index (χ0n) is 18.7. The molecule has 7 nitrogen and oxygen atoms in total. The van der Waals surface area contributed by atoms with Gasteiger partial charge in [0.15, 0.2) is 0 Å². The number of hydrogen-bond acceptors (Lipinski definition) is 6. The number of rotatable bonds is 6. The van der Waals surface area contributed by atoms with Gasteiger partial charge in [-0.3, -0.25) is 9.69 Å². The van der Waals surface area contributed by atoms with E-state index < -0.39 is 10.0 Å². The normalized spacial score (nSPS) is 19.8. The fraction of sp³-hybridized carbons (Fsp3) is 0.417. The number of carbonyl (C=O) groups excluding carboxylic acids is 1. The lowest BCUT2D eigenvalue weighted by Gasteiger charge is -2.32. The summed E-state index contributed by atoms with van der Waals surface area (Å²) >= 11 is 1.52. The molecule has 1 aromatic heterocycles. The van der Waals surface area contributed by atoms with Crippen LogP contribution in [0.1, 0.15) is 34.9 Å². The summed E-state index contributed by atoms with van der Waals surface area (Å²) in [6.07, 6.45) is 4.52. The Labute approximate surface area is 199 Å². The number of nitrogens with zero attached hydrogens (tertiary/aromatic N) is 3. The summed E-state index contributed by atoms with van der Waals surface area (Å²) in [5, 5.41) is 14.4. The van der Waals surface area contributed by atoms with E-state index in [-0.39, 0.29) is 12.5 Å². The molecule has 1 atom stereocenters. The summed E-state index contributed by atoms with van der Waals surface area (Å²) in [5.41, 5.74) is 2.53. The van der Waals surface area contributed by atoms with Crippen LogP contribution < -0.4 is 5.32 Å². The van der Waals surface area contributed by atoms with Crippen LogP contribution in [0.3, 0.4) is 0 Å². The summed E-state index contributed by atoms with van der Waals surface area (Å²) in [7, 11) is -3.51. The van der Waals surface area contributed by atoms with E-state index in [1.807, 2.05) is 35.2 Å². The lowest BCUT2D eigenvalue weighted by Crippen LogP contribution is -2.49. The molecular formula is C24H28N4O3S2. The standard InChI is InChI=1S/C24H28N4O3S2/c1-18-7-8-20-21(16-25)24(32-22(20)15-18)26-23(29)17-27-10-12-28(13-11-27)33(30,31)14-9-19-5-3-2-4-6-19/h2-6,9,14,18H,7-8,10-13,15,17H2,1H3,(H,26,29)/b14-9+/t18-/m1/s1. The van der Waals surface area contributed by atoms with E-state index in [0.29, 0.717) is 42.7 Å². The fourth-order valence-corrected chi connectivity index (χ4v) is 6.83. The Morgan fingerprint density at radius 2 is 1.97 bits per heavy atom. The number of benzene rings is 1. The number of fused-ring (bicyclic) bond motifs is 1. The number of nitriles is 1. The van der Waals surface area contributed by atoms with Crippen molar-refractivity contribution < 1.29 is 13.2 Å². The molecule has 174 valence electrons. The topological polar surface area (TPSA) is 93.5 Å². The lowest BCUT2D eigenvalue weighted by atomic mass is 9.89. The highest BCUT2D eigenvalue weighted by molar-refractivity contribution is 7.92. The molecule has 1 aliphatic carbocycles. The minimum absolute atomic E-state index is 0.168. The van der Waals surface area contributed by atoms with E-state index in [9.17, 15) is 18.5 Å². The van der Waals surface area contributed by atoms with Crippen molar-refractivity contribution in [3.8, 4) is 6.07 Å². The molecule has 4 rings (SSSR count). The summed E-state index contributed by atoms with van der Waals surface area (Å²) in [5.74, 6) is 0.430. The van der Waals surface area contributed by atoms with E-state index in [2.05, 4.69) is 18.3 Å². The Balaban J connectivity index is 1.31. The largest absolute Gasteiger partial charge is 0.315 e. The van der Waals surface area contributed by atoms with E-state index in [4.69, 9.17) is 0 Å². The third kappa shape index (κ3) is 5.71. The van der Waals surface area contributed by atoms with Crippen molar-refractivity contribution in [2.45, 2.75) is 26.2 Å². The van der Waals surface area contributed by atoms with Crippen LogP contribution >= 0.6 is 11.3 Å². The number of nitrogens with one attached hydrogen (secondary N) is 1. The number of thiophene rings is 1.